The van der Waals surface area contributed by atoms with Gasteiger partial charge in [-0.1, -0.05) is 48.7 Å². The van der Waals surface area contributed by atoms with Gasteiger partial charge in [0.1, 0.15) is 0 Å². The number of esters is 1. The predicted molar refractivity (Wildman–Crippen MR) is 97.3 cm³/mol. The summed E-state index contributed by atoms with van der Waals surface area (Å²) in [7, 11) is 0. The van der Waals surface area contributed by atoms with Crippen molar-refractivity contribution in [3.63, 3.8) is 0 Å². The number of aliphatic imine (C=N–C) groups is 1. The molecule has 0 heterocycles. The van der Waals surface area contributed by atoms with Crippen molar-refractivity contribution in [2.24, 2.45) is 10.9 Å². The molecule has 2 rings (SSSR count). The van der Waals surface area contributed by atoms with Crippen LogP contribution in [-0.2, 0) is 4.79 Å². The molecule has 0 saturated carbocycles. The number of hydrogen-bond acceptors (Lipinski definition) is 4. The van der Waals surface area contributed by atoms with Crippen molar-refractivity contribution in [3.8, 4) is 11.5 Å². The molecule has 126 valence electrons. The van der Waals surface area contributed by atoms with E-state index >= 15 is 0 Å². The zero-order chi connectivity index (χ0) is 17.9. The Kier molecular flexibility index (Phi) is 6.10. The third kappa shape index (κ3) is 4.87. The summed E-state index contributed by atoms with van der Waals surface area (Å²) in [5.74, 6) is -1.08. The van der Waals surface area contributed by atoms with Crippen molar-refractivity contribution in [2.45, 2.75) is 13.8 Å². The van der Waals surface area contributed by atoms with E-state index in [4.69, 9.17) is 39.5 Å². The van der Waals surface area contributed by atoms with Crippen LogP contribution >= 0.6 is 34.8 Å². The monoisotopic (exact) mass is 385 g/mol. The highest BCUT2D eigenvalue weighted by Gasteiger charge is 2.17. The fourth-order valence-electron chi connectivity index (χ4n) is 1.78. The van der Waals surface area contributed by atoms with Crippen molar-refractivity contribution in [1.82, 2.24) is 0 Å². The number of rotatable bonds is 4. The quantitative estimate of drug-likeness (QED) is 0.419. The molecular formula is C17H14Cl3NO3. The molecule has 0 radical (unpaired) electrons. The fraction of sp³-hybridized carbons (Fsp3) is 0.176. The zero-order valence-electron chi connectivity index (χ0n) is 12.9. The van der Waals surface area contributed by atoms with E-state index < -0.39 is 5.97 Å². The topological polar surface area (TPSA) is 58.9 Å². The van der Waals surface area contributed by atoms with Crippen LogP contribution in [0, 0.1) is 5.92 Å². The lowest BCUT2D eigenvalue weighted by atomic mass is 10.2. The minimum atomic E-state index is -0.479. The smallest absolute Gasteiger partial charge is 0.313 e. The number of nitrogens with zero attached hydrogens (tertiary/aromatic N) is 1. The summed E-state index contributed by atoms with van der Waals surface area (Å²) in [4.78, 5) is 16.1. The number of hydrogen-bond donors (Lipinski definition) is 1. The molecule has 0 spiro atoms. The van der Waals surface area contributed by atoms with Gasteiger partial charge in [0.2, 0.25) is 0 Å². The number of ether oxygens (including phenoxy) is 1. The molecule has 0 saturated heterocycles. The van der Waals surface area contributed by atoms with Gasteiger partial charge in [-0.2, -0.15) is 0 Å². The standard InChI is InChI=1S/C17H14Cl3NO3/c1-9(2)17(23)24-16-10(3-11(18)7-15(16)22)8-21-14-5-12(19)4-13(20)6-14/h3-9,22H,1-2H3. The molecule has 0 aliphatic carbocycles. The number of halogens is 3. The fourth-order valence-corrected chi connectivity index (χ4v) is 2.52. The van der Waals surface area contributed by atoms with E-state index in [0.717, 1.165) is 0 Å². The van der Waals surface area contributed by atoms with Crippen LogP contribution < -0.4 is 4.74 Å². The minimum absolute atomic E-state index is 0.00465. The summed E-state index contributed by atoms with van der Waals surface area (Å²) in [6.45, 7) is 3.38. The van der Waals surface area contributed by atoms with Crippen LogP contribution in [0.3, 0.4) is 0 Å². The predicted octanol–water partition coefficient (Wildman–Crippen LogP) is 5.66. The lowest BCUT2D eigenvalue weighted by Gasteiger charge is -2.11. The van der Waals surface area contributed by atoms with Crippen LogP contribution in [0.4, 0.5) is 5.69 Å². The van der Waals surface area contributed by atoms with Gasteiger partial charge >= 0.3 is 5.97 Å². The van der Waals surface area contributed by atoms with Gasteiger partial charge in [-0.05, 0) is 24.3 Å². The second-order valence-corrected chi connectivity index (χ2v) is 6.61. The zero-order valence-corrected chi connectivity index (χ0v) is 15.2. The van der Waals surface area contributed by atoms with Crippen LogP contribution in [0.1, 0.15) is 19.4 Å². The molecule has 0 atom stereocenters. The van der Waals surface area contributed by atoms with Crippen molar-refractivity contribution in [2.75, 3.05) is 0 Å². The van der Waals surface area contributed by atoms with Crippen LogP contribution in [-0.4, -0.2) is 17.3 Å². The number of carbonyl (C=O) groups excluding carboxylic acids is 1. The summed E-state index contributed by atoms with van der Waals surface area (Å²) >= 11 is 17.8. The maximum absolute atomic E-state index is 11.8. The lowest BCUT2D eigenvalue weighted by Crippen LogP contribution is -2.15. The molecule has 2 aromatic carbocycles. The third-order valence-corrected chi connectivity index (χ3v) is 3.59. The second-order valence-electron chi connectivity index (χ2n) is 5.30. The number of carbonyl (C=O) groups is 1. The largest absolute Gasteiger partial charge is 0.504 e. The molecule has 24 heavy (non-hydrogen) atoms. The van der Waals surface area contributed by atoms with E-state index in [1.807, 2.05) is 0 Å². The van der Waals surface area contributed by atoms with Crippen LogP contribution in [0.5, 0.6) is 11.5 Å². The third-order valence-electron chi connectivity index (χ3n) is 2.94. The summed E-state index contributed by atoms with van der Waals surface area (Å²) in [5, 5.41) is 11.2. The SMILES string of the molecule is CC(C)C(=O)Oc1c(O)cc(Cl)cc1C=Nc1cc(Cl)cc(Cl)c1. The Morgan fingerprint density at radius 2 is 1.67 bits per heavy atom. The molecular weight excluding hydrogens is 373 g/mol. The molecule has 0 unspecified atom stereocenters. The second kappa shape index (κ2) is 7.88. The average Bonchev–Trinajstić information content (AvgIpc) is 2.46. The molecule has 0 amide bonds. The van der Waals surface area contributed by atoms with Gasteiger partial charge in [-0.25, -0.2) is 0 Å². The van der Waals surface area contributed by atoms with Gasteiger partial charge in [0, 0.05) is 32.9 Å². The molecule has 0 aliphatic heterocycles. The first-order valence-corrected chi connectivity index (χ1v) is 8.14. The first kappa shape index (κ1) is 18.6. The molecule has 1 N–H and O–H groups in total. The van der Waals surface area contributed by atoms with E-state index in [2.05, 4.69) is 4.99 Å². The molecule has 0 aromatic heterocycles. The van der Waals surface area contributed by atoms with Gasteiger partial charge < -0.3 is 9.84 Å². The van der Waals surface area contributed by atoms with Crippen molar-refractivity contribution >= 4 is 52.7 Å². The molecule has 0 aliphatic rings. The molecule has 4 nitrogen and oxygen atoms in total. The Hall–Kier alpha value is -1.75. The Morgan fingerprint density at radius 3 is 2.25 bits per heavy atom. The van der Waals surface area contributed by atoms with Gasteiger partial charge in [-0.3, -0.25) is 9.79 Å². The number of phenolic OH excluding ortho intramolecular Hbond substituents is 1. The van der Waals surface area contributed by atoms with Crippen LogP contribution in [0.15, 0.2) is 35.3 Å². The Morgan fingerprint density at radius 1 is 1.08 bits per heavy atom. The Labute approximate surface area is 154 Å². The molecule has 2 aromatic rings. The van der Waals surface area contributed by atoms with E-state index in [0.29, 0.717) is 21.3 Å². The first-order chi connectivity index (χ1) is 11.3. The highest BCUT2D eigenvalue weighted by Crippen LogP contribution is 2.34. The molecule has 7 heteroatoms. The molecule has 0 bridgehead atoms. The lowest BCUT2D eigenvalue weighted by molar-refractivity contribution is -0.137. The Balaban J connectivity index is 2.41. The normalized spacial score (nSPS) is 11.2. The summed E-state index contributed by atoms with van der Waals surface area (Å²) in [6, 6.07) is 7.64. The summed E-state index contributed by atoms with van der Waals surface area (Å²) in [5.41, 5.74) is 0.859. The summed E-state index contributed by atoms with van der Waals surface area (Å²) < 4.78 is 5.24. The van der Waals surface area contributed by atoms with Crippen molar-refractivity contribution < 1.29 is 14.6 Å². The summed E-state index contributed by atoms with van der Waals surface area (Å²) in [6.07, 6.45) is 1.41. The van der Waals surface area contributed by atoms with Gasteiger partial charge in [0.15, 0.2) is 11.5 Å². The average molecular weight is 387 g/mol. The van der Waals surface area contributed by atoms with E-state index in [9.17, 15) is 9.90 Å². The van der Waals surface area contributed by atoms with E-state index in [1.54, 1.807) is 32.0 Å². The van der Waals surface area contributed by atoms with Crippen LogP contribution in [0.2, 0.25) is 15.1 Å². The molecule has 0 fully saturated rings. The van der Waals surface area contributed by atoms with Gasteiger partial charge in [0.25, 0.3) is 0 Å². The minimum Gasteiger partial charge on any atom is -0.504 e. The van der Waals surface area contributed by atoms with Gasteiger partial charge in [-0.15, -0.1) is 0 Å². The Bertz CT molecular complexity index is 784. The first-order valence-electron chi connectivity index (χ1n) is 7.00. The van der Waals surface area contributed by atoms with E-state index in [-0.39, 0.29) is 22.4 Å². The van der Waals surface area contributed by atoms with Gasteiger partial charge in [0.05, 0.1) is 11.6 Å². The number of benzene rings is 2. The highest BCUT2D eigenvalue weighted by molar-refractivity contribution is 6.35. The van der Waals surface area contributed by atoms with Crippen molar-refractivity contribution in [3.05, 3.63) is 51.0 Å². The number of aromatic hydroxyl groups is 1. The number of phenols is 1. The maximum Gasteiger partial charge on any atom is 0.313 e. The van der Waals surface area contributed by atoms with Crippen molar-refractivity contribution in [1.29, 1.82) is 0 Å². The highest BCUT2D eigenvalue weighted by atomic mass is 35.5. The van der Waals surface area contributed by atoms with E-state index in [1.165, 1.54) is 18.3 Å². The maximum atomic E-state index is 11.8. The van der Waals surface area contributed by atoms with Crippen LogP contribution in [0.25, 0.3) is 0 Å².